The standard InChI is InChI=1S/C24H21N5O2S/c1-2-31-20-13-11-18(12-14-20)28(16-7-15-25)24(30)22-26-23(21-10-6-17-32-21)29(27-22)19-8-4-3-5-9-19/h3-6,8-14,17H,2,7,16H2,1H3. The van der Waals surface area contributed by atoms with Crippen molar-refractivity contribution in [1.29, 1.82) is 5.26 Å². The monoisotopic (exact) mass is 443 g/mol. The van der Waals surface area contributed by atoms with Gasteiger partial charge in [0.05, 0.1) is 29.7 Å². The van der Waals surface area contributed by atoms with Crippen LogP contribution in [0.3, 0.4) is 0 Å². The van der Waals surface area contributed by atoms with E-state index in [1.165, 1.54) is 16.2 Å². The molecule has 0 spiro atoms. The zero-order valence-electron chi connectivity index (χ0n) is 17.5. The molecule has 0 unspecified atom stereocenters. The molecule has 0 fully saturated rings. The van der Waals surface area contributed by atoms with Crippen LogP contribution in [0.4, 0.5) is 5.69 Å². The van der Waals surface area contributed by atoms with Crippen LogP contribution in [-0.4, -0.2) is 33.8 Å². The van der Waals surface area contributed by atoms with Gasteiger partial charge in [-0.25, -0.2) is 9.67 Å². The lowest BCUT2D eigenvalue weighted by Gasteiger charge is -2.20. The lowest BCUT2D eigenvalue weighted by Crippen LogP contribution is -2.32. The molecule has 2 aromatic heterocycles. The smallest absolute Gasteiger partial charge is 0.297 e. The Balaban J connectivity index is 1.73. The zero-order chi connectivity index (χ0) is 22.3. The number of benzene rings is 2. The number of para-hydroxylation sites is 1. The third-order valence-electron chi connectivity index (χ3n) is 4.69. The number of carbonyl (C=O) groups is 1. The van der Waals surface area contributed by atoms with Crippen molar-refractivity contribution >= 4 is 22.9 Å². The van der Waals surface area contributed by atoms with Crippen LogP contribution in [0.5, 0.6) is 5.75 Å². The molecular formula is C24H21N5O2S. The Bertz CT molecular complexity index is 1210. The summed E-state index contributed by atoms with van der Waals surface area (Å²) in [5.41, 5.74) is 1.47. The number of ether oxygens (including phenoxy) is 1. The first kappa shape index (κ1) is 21.3. The first-order chi connectivity index (χ1) is 15.7. The summed E-state index contributed by atoms with van der Waals surface area (Å²) in [6.07, 6.45) is 0.191. The number of aromatic nitrogens is 3. The maximum Gasteiger partial charge on any atom is 0.297 e. The highest BCUT2D eigenvalue weighted by atomic mass is 32.1. The number of hydrogen-bond acceptors (Lipinski definition) is 6. The predicted octanol–water partition coefficient (Wildman–Crippen LogP) is 4.95. The second-order valence-electron chi connectivity index (χ2n) is 6.78. The Kier molecular flexibility index (Phi) is 6.58. The van der Waals surface area contributed by atoms with Crippen molar-refractivity contribution in [1.82, 2.24) is 14.8 Å². The maximum atomic E-state index is 13.5. The van der Waals surface area contributed by atoms with Crippen molar-refractivity contribution in [3.8, 4) is 28.2 Å². The summed E-state index contributed by atoms with van der Waals surface area (Å²) in [7, 11) is 0. The van der Waals surface area contributed by atoms with Crippen LogP contribution in [0.25, 0.3) is 16.4 Å². The molecule has 8 heteroatoms. The molecular weight excluding hydrogens is 422 g/mol. The molecule has 4 aromatic rings. The van der Waals surface area contributed by atoms with E-state index in [0.717, 1.165) is 16.3 Å². The van der Waals surface area contributed by atoms with Gasteiger partial charge in [-0.15, -0.1) is 16.4 Å². The number of rotatable bonds is 8. The van der Waals surface area contributed by atoms with E-state index >= 15 is 0 Å². The van der Waals surface area contributed by atoms with Crippen molar-refractivity contribution in [3.05, 3.63) is 77.9 Å². The van der Waals surface area contributed by atoms with Crippen molar-refractivity contribution in [2.75, 3.05) is 18.1 Å². The number of anilines is 1. The summed E-state index contributed by atoms with van der Waals surface area (Å²) >= 11 is 1.53. The lowest BCUT2D eigenvalue weighted by atomic mass is 10.2. The van der Waals surface area contributed by atoms with Gasteiger partial charge in [0.15, 0.2) is 5.82 Å². The summed E-state index contributed by atoms with van der Waals surface area (Å²) in [5, 5.41) is 15.6. The Morgan fingerprint density at radius 3 is 2.56 bits per heavy atom. The minimum atomic E-state index is -0.364. The fraction of sp³-hybridized carbons (Fsp3) is 0.167. The molecule has 0 radical (unpaired) electrons. The molecule has 0 N–H and O–H groups in total. The predicted molar refractivity (Wildman–Crippen MR) is 124 cm³/mol. The van der Waals surface area contributed by atoms with E-state index in [2.05, 4.69) is 16.2 Å². The van der Waals surface area contributed by atoms with Crippen LogP contribution in [0, 0.1) is 11.3 Å². The molecule has 0 aliphatic rings. The van der Waals surface area contributed by atoms with E-state index in [9.17, 15) is 4.79 Å². The Morgan fingerprint density at radius 2 is 1.91 bits per heavy atom. The van der Waals surface area contributed by atoms with Gasteiger partial charge in [0, 0.05) is 12.2 Å². The molecule has 160 valence electrons. The number of nitriles is 1. The summed E-state index contributed by atoms with van der Waals surface area (Å²) in [4.78, 5) is 20.5. The van der Waals surface area contributed by atoms with Gasteiger partial charge in [0.2, 0.25) is 5.82 Å². The van der Waals surface area contributed by atoms with Gasteiger partial charge < -0.3 is 9.64 Å². The normalized spacial score (nSPS) is 10.5. The number of amides is 1. The first-order valence-corrected chi connectivity index (χ1v) is 11.1. The third-order valence-corrected chi connectivity index (χ3v) is 5.56. The van der Waals surface area contributed by atoms with Crippen molar-refractivity contribution in [2.24, 2.45) is 0 Å². The third kappa shape index (κ3) is 4.53. The van der Waals surface area contributed by atoms with Gasteiger partial charge in [-0.3, -0.25) is 4.79 Å². The number of hydrogen-bond donors (Lipinski definition) is 0. The van der Waals surface area contributed by atoms with Crippen LogP contribution in [0.15, 0.2) is 72.1 Å². The van der Waals surface area contributed by atoms with Gasteiger partial charge >= 0.3 is 0 Å². The molecule has 4 rings (SSSR count). The molecule has 7 nitrogen and oxygen atoms in total. The van der Waals surface area contributed by atoms with Gasteiger partial charge in [0.1, 0.15) is 5.75 Å². The van der Waals surface area contributed by atoms with Crippen LogP contribution in [0.2, 0.25) is 0 Å². The van der Waals surface area contributed by atoms with Crippen LogP contribution < -0.4 is 9.64 Å². The van der Waals surface area contributed by atoms with E-state index < -0.39 is 0 Å². The number of carbonyl (C=O) groups excluding carboxylic acids is 1. The quantitative estimate of drug-likeness (QED) is 0.384. The van der Waals surface area contributed by atoms with Gasteiger partial charge in [-0.05, 0) is 54.8 Å². The summed E-state index contributed by atoms with van der Waals surface area (Å²) in [5.74, 6) is 1.03. The molecule has 0 aliphatic carbocycles. The average Bonchev–Trinajstić information content (AvgIpc) is 3.51. The average molecular weight is 444 g/mol. The molecule has 0 aliphatic heterocycles. The fourth-order valence-corrected chi connectivity index (χ4v) is 3.93. The molecule has 0 saturated heterocycles. The highest BCUT2D eigenvalue weighted by Crippen LogP contribution is 2.27. The van der Waals surface area contributed by atoms with Gasteiger partial charge in [-0.1, -0.05) is 24.3 Å². The van der Waals surface area contributed by atoms with E-state index in [0.29, 0.717) is 18.1 Å². The summed E-state index contributed by atoms with van der Waals surface area (Å²) in [6, 6.07) is 22.8. The molecule has 2 heterocycles. The van der Waals surface area contributed by atoms with E-state index in [-0.39, 0.29) is 24.7 Å². The number of nitrogens with zero attached hydrogens (tertiary/aromatic N) is 5. The van der Waals surface area contributed by atoms with Crippen LogP contribution >= 0.6 is 11.3 Å². The second-order valence-corrected chi connectivity index (χ2v) is 7.72. The van der Waals surface area contributed by atoms with Crippen molar-refractivity contribution < 1.29 is 9.53 Å². The Hall–Kier alpha value is -3.96. The van der Waals surface area contributed by atoms with Crippen molar-refractivity contribution in [2.45, 2.75) is 13.3 Å². The zero-order valence-corrected chi connectivity index (χ0v) is 18.3. The maximum absolute atomic E-state index is 13.5. The highest BCUT2D eigenvalue weighted by molar-refractivity contribution is 7.13. The SMILES string of the molecule is CCOc1ccc(N(CCC#N)C(=O)c2nc(-c3cccs3)n(-c3ccccc3)n2)cc1. The minimum absolute atomic E-state index is 0.0732. The Labute approximate surface area is 190 Å². The first-order valence-electron chi connectivity index (χ1n) is 10.2. The largest absolute Gasteiger partial charge is 0.494 e. The molecule has 2 aromatic carbocycles. The minimum Gasteiger partial charge on any atom is -0.494 e. The fourth-order valence-electron chi connectivity index (χ4n) is 3.24. The number of thiophene rings is 1. The topological polar surface area (TPSA) is 84.0 Å². The Morgan fingerprint density at radius 1 is 1.12 bits per heavy atom. The second kappa shape index (κ2) is 9.90. The highest BCUT2D eigenvalue weighted by Gasteiger charge is 2.25. The van der Waals surface area contributed by atoms with Crippen LogP contribution in [0.1, 0.15) is 24.0 Å². The molecule has 0 bridgehead atoms. The lowest BCUT2D eigenvalue weighted by molar-refractivity contribution is 0.0977. The van der Waals surface area contributed by atoms with E-state index in [1.54, 1.807) is 28.9 Å². The molecule has 0 atom stereocenters. The van der Waals surface area contributed by atoms with Crippen LogP contribution in [-0.2, 0) is 0 Å². The summed E-state index contributed by atoms with van der Waals surface area (Å²) < 4.78 is 7.17. The van der Waals surface area contributed by atoms with E-state index in [4.69, 9.17) is 10.00 Å². The summed E-state index contributed by atoms with van der Waals surface area (Å²) in [6.45, 7) is 2.71. The molecule has 32 heavy (non-hydrogen) atoms. The van der Waals surface area contributed by atoms with Gasteiger partial charge in [0.25, 0.3) is 5.91 Å². The molecule has 0 saturated carbocycles. The van der Waals surface area contributed by atoms with Crippen molar-refractivity contribution in [3.63, 3.8) is 0 Å². The van der Waals surface area contributed by atoms with Gasteiger partial charge in [-0.2, -0.15) is 5.26 Å². The molecule has 1 amide bonds. The van der Waals surface area contributed by atoms with E-state index in [1.807, 2.05) is 54.8 Å².